The first-order valence-electron chi connectivity index (χ1n) is 3.59. The highest BCUT2D eigenvalue weighted by Gasteiger charge is 2.07. The maximum absolute atomic E-state index is 12.9. The van der Waals surface area contributed by atoms with Crippen LogP contribution in [0.4, 0.5) is 4.39 Å². The average Bonchev–Trinajstić information content (AvgIpc) is 1.96. The average molecular weight is 167 g/mol. The molecule has 0 aliphatic rings. The summed E-state index contributed by atoms with van der Waals surface area (Å²) in [4.78, 5) is 10.7. The van der Waals surface area contributed by atoms with Crippen LogP contribution >= 0.6 is 0 Å². The summed E-state index contributed by atoms with van der Waals surface area (Å²) in [7, 11) is 0. The first-order chi connectivity index (χ1) is 5.52. The van der Waals surface area contributed by atoms with Crippen molar-refractivity contribution in [3.8, 4) is 0 Å². The number of carbonyl (C=O) groups excluding carboxylic acids is 1. The number of amides is 1. The molecule has 0 bridgehead atoms. The number of halogens is 1. The SMILES string of the molecule is Cc1cc(C)c(C(N)=O)cc1F. The third-order valence-electron chi connectivity index (χ3n) is 1.77. The zero-order valence-corrected chi connectivity index (χ0v) is 7.02. The lowest BCUT2D eigenvalue weighted by atomic mass is 10.1. The number of carbonyl (C=O) groups is 1. The summed E-state index contributed by atoms with van der Waals surface area (Å²) < 4.78 is 12.9. The zero-order valence-electron chi connectivity index (χ0n) is 7.02. The summed E-state index contributed by atoms with van der Waals surface area (Å²) >= 11 is 0. The lowest BCUT2D eigenvalue weighted by Crippen LogP contribution is -2.13. The molecule has 0 aromatic heterocycles. The van der Waals surface area contributed by atoms with E-state index >= 15 is 0 Å². The molecule has 1 aromatic carbocycles. The molecule has 2 N–H and O–H groups in total. The molecule has 0 spiro atoms. The second-order valence-electron chi connectivity index (χ2n) is 2.78. The number of aryl methyl sites for hydroxylation is 2. The molecule has 0 atom stereocenters. The van der Waals surface area contributed by atoms with Crippen molar-refractivity contribution in [3.05, 3.63) is 34.6 Å². The molecule has 1 rings (SSSR count). The van der Waals surface area contributed by atoms with Crippen molar-refractivity contribution in [2.45, 2.75) is 13.8 Å². The van der Waals surface area contributed by atoms with E-state index in [1.807, 2.05) is 0 Å². The quantitative estimate of drug-likeness (QED) is 0.677. The molecule has 1 aromatic rings. The summed E-state index contributed by atoms with van der Waals surface area (Å²) in [6.07, 6.45) is 0. The second kappa shape index (κ2) is 2.93. The molecule has 0 unspecified atom stereocenters. The molecule has 0 heterocycles. The number of benzene rings is 1. The van der Waals surface area contributed by atoms with Crippen LogP contribution in [0.15, 0.2) is 12.1 Å². The van der Waals surface area contributed by atoms with Gasteiger partial charge in [0.1, 0.15) is 5.82 Å². The fourth-order valence-corrected chi connectivity index (χ4v) is 1.09. The summed E-state index contributed by atoms with van der Waals surface area (Å²) in [5, 5.41) is 0. The Kier molecular flexibility index (Phi) is 2.13. The third-order valence-corrected chi connectivity index (χ3v) is 1.77. The van der Waals surface area contributed by atoms with Crippen LogP contribution in [0.2, 0.25) is 0 Å². The molecular formula is C9H10FNO. The molecule has 0 aliphatic heterocycles. The van der Waals surface area contributed by atoms with Crippen molar-refractivity contribution in [1.29, 1.82) is 0 Å². The molecule has 0 fully saturated rings. The van der Waals surface area contributed by atoms with Crippen molar-refractivity contribution in [1.82, 2.24) is 0 Å². The van der Waals surface area contributed by atoms with Crippen molar-refractivity contribution >= 4 is 5.91 Å². The Morgan fingerprint density at radius 3 is 2.42 bits per heavy atom. The standard InChI is InChI=1S/C9H10FNO/c1-5-3-6(2)8(10)4-7(5)9(11)12/h3-4H,1-2H3,(H2,11,12). The minimum Gasteiger partial charge on any atom is -0.366 e. The zero-order chi connectivity index (χ0) is 9.30. The minimum absolute atomic E-state index is 0.248. The summed E-state index contributed by atoms with van der Waals surface area (Å²) in [6, 6.07) is 2.78. The van der Waals surface area contributed by atoms with Crippen LogP contribution in [0.25, 0.3) is 0 Å². The van der Waals surface area contributed by atoms with Crippen LogP contribution in [-0.2, 0) is 0 Å². The third kappa shape index (κ3) is 1.44. The van der Waals surface area contributed by atoms with Gasteiger partial charge in [-0.3, -0.25) is 4.79 Å². The minimum atomic E-state index is -0.591. The highest BCUT2D eigenvalue weighted by atomic mass is 19.1. The second-order valence-corrected chi connectivity index (χ2v) is 2.78. The van der Waals surface area contributed by atoms with Gasteiger partial charge in [0.25, 0.3) is 0 Å². The van der Waals surface area contributed by atoms with Gasteiger partial charge in [0.15, 0.2) is 0 Å². The van der Waals surface area contributed by atoms with Crippen LogP contribution < -0.4 is 5.73 Å². The molecule has 64 valence electrons. The maximum Gasteiger partial charge on any atom is 0.249 e. The predicted octanol–water partition coefficient (Wildman–Crippen LogP) is 1.54. The number of primary amides is 1. The van der Waals surface area contributed by atoms with Gasteiger partial charge < -0.3 is 5.73 Å². The van der Waals surface area contributed by atoms with Crippen LogP contribution in [0.5, 0.6) is 0 Å². The van der Waals surface area contributed by atoms with Gasteiger partial charge in [0.05, 0.1) is 0 Å². The van der Waals surface area contributed by atoms with Gasteiger partial charge in [-0.05, 0) is 31.0 Å². The van der Waals surface area contributed by atoms with Gasteiger partial charge in [-0.25, -0.2) is 4.39 Å². The smallest absolute Gasteiger partial charge is 0.249 e. The number of rotatable bonds is 1. The van der Waals surface area contributed by atoms with Gasteiger partial charge in [0.2, 0.25) is 5.91 Å². The van der Waals surface area contributed by atoms with E-state index in [1.54, 1.807) is 19.9 Å². The summed E-state index contributed by atoms with van der Waals surface area (Å²) in [6.45, 7) is 3.37. The van der Waals surface area contributed by atoms with Gasteiger partial charge in [-0.2, -0.15) is 0 Å². The van der Waals surface area contributed by atoms with E-state index in [9.17, 15) is 9.18 Å². The van der Waals surface area contributed by atoms with E-state index in [0.29, 0.717) is 11.1 Å². The Bertz CT molecular complexity index is 334. The fourth-order valence-electron chi connectivity index (χ4n) is 1.09. The fraction of sp³-hybridized carbons (Fsp3) is 0.222. The van der Waals surface area contributed by atoms with E-state index in [2.05, 4.69) is 0 Å². The number of hydrogen-bond acceptors (Lipinski definition) is 1. The molecule has 3 heteroatoms. The van der Waals surface area contributed by atoms with E-state index in [1.165, 1.54) is 6.07 Å². The van der Waals surface area contributed by atoms with Crippen LogP contribution in [0.1, 0.15) is 21.5 Å². The Morgan fingerprint density at radius 2 is 1.92 bits per heavy atom. The molecule has 12 heavy (non-hydrogen) atoms. The first-order valence-corrected chi connectivity index (χ1v) is 3.59. The maximum atomic E-state index is 12.9. The van der Waals surface area contributed by atoms with Crippen LogP contribution in [0.3, 0.4) is 0 Å². The van der Waals surface area contributed by atoms with Gasteiger partial charge >= 0.3 is 0 Å². The Morgan fingerprint density at radius 1 is 1.33 bits per heavy atom. The first kappa shape index (κ1) is 8.71. The van der Waals surface area contributed by atoms with Gasteiger partial charge in [0, 0.05) is 5.56 Å². The molecule has 0 radical (unpaired) electrons. The summed E-state index contributed by atoms with van der Waals surface area (Å²) in [5.74, 6) is -0.985. The van der Waals surface area contributed by atoms with E-state index in [4.69, 9.17) is 5.73 Å². The largest absolute Gasteiger partial charge is 0.366 e. The lowest BCUT2D eigenvalue weighted by molar-refractivity contribution is 0.0999. The topological polar surface area (TPSA) is 43.1 Å². The van der Waals surface area contributed by atoms with Crippen LogP contribution in [0, 0.1) is 19.7 Å². The monoisotopic (exact) mass is 167 g/mol. The Balaban J connectivity index is 3.33. The normalized spacial score (nSPS) is 9.92. The van der Waals surface area contributed by atoms with E-state index in [0.717, 1.165) is 0 Å². The van der Waals surface area contributed by atoms with Crippen molar-refractivity contribution in [3.63, 3.8) is 0 Å². The molecule has 0 saturated carbocycles. The predicted molar refractivity (Wildman–Crippen MR) is 44.4 cm³/mol. The molecular weight excluding hydrogens is 157 g/mol. The van der Waals surface area contributed by atoms with Gasteiger partial charge in [-0.15, -0.1) is 0 Å². The molecule has 0 aliphatic carbocycles. The lowest BCUT2D eigenvalue weighted by Gasteiger charge is -2.03. The van der Waals surface area contributed by atoms with Crippen LogP contribution in [-0.4, -0.2) is 5.91 Å². The van der Waals surface area contributed by atoms with Crippen molar-refractivity contribution in [2.75, 3.05) is 0 Å². The van der Waals surface area contributed by atoms with Crippen molar-refractivity contribution < 1.29 is 9.18 Å². The molecule has 2 nitrogen and oxygen atoms in total. The highest BCUT2D eigenvalue weighted by molar-refractivity contribution is 5.94. The molecule has 0 saturated heterocycles. The Labute approximate surface area is 70.2 Å². The Hall–Kier alpha value is -1.38. The van der Waals surface area contributed by atoms with E-state index in [-0.39, 0.29) is 5.56 Å². The van der Waals surface area contributed by atoms with Crippen molar-refractivity contribution in [2.24, 2.45) is 5.73 Å². The van der Waals surface area contributed by atoms with Gasteiger partial charge in [-0.1, -0.05) is 6.07 Å². The number of hydrogen-bond donors (Lipinski definition) is 1. The highest BCUT2D eigenvalue weighted by Crippen LogP contribution is 2.13. The number of nitrogens with two attached hydrogens (primary N) is 1. The summed E-state index contributed by atoms with van der Waals surface area (Å²) in [5.41, 5.74) is 6.51. The molecule has 1 amide bonds. The van der Waals surface area contributed by atoms with E-state index < -0.39 is 11.7 Å².